The second-order valence-corrected chi connectivity index (χ2v) is 7.66. The number of nitrogens with zero attached hydrogens (tertiary/aromatic N) is 5. The summed E-state index contributed by atoms with van der Waals surface area (Å²) in [7, 11) is 1.79. The Labute approximate surface area is 171 Å². The number of anilines is 1. The highest BCUT2D eigenvalue weighted by Crippen LogP contribution is 2.34. The van der Waals surface area contributed by atoms with Gasteiger partial charge in [0, 0.05) is 24.1 Å². The van der Waals surface area contributed by atoms with Gasteiger partial charge >= 0.3 is 0 Å². The Hall–Kier alpha value is -3.59. The molecule has 0 saturated heterocycles. The third-order valence-corrected chi connectivity index (χ3v) is 5.09. The molecule has 5 rings (SSSR count). The summed E-state index contributed by atoms with van der Waals surface area (Å²) in [6, 6.07) is 7.92. The van der Waals surface area contributed by atoms with E-state index in [0.717, 1.165) is 18.6 Å². The SMILES string of the molecule is CC1=N[N+](C)(c2cc(Oc3ccc4nc(NC(=O)C5CC5)cn4n3)ccc2F)C=C1. The van der Waals surface area contributed by atoms with Gasteiger partial charge in [-0.1, -0.05) is 5.10 Å². The number of rotatable bonds is 5. The molecule has 0 radical (unpaired) electrons. The molecule has 3 aromatic rings. The molecular formula is C21H20FN6O2+. The Morgan fingerprint density at radius 1 is 1.30 bits per heavy atom. The van der Waals surface area contributed by atoms with E-state index in [1.165, 1.54) is 10.6 Å². The summed E-state index contributed by atoms with van der Waals surface area (Å²) in [4.78, 5) is 16.3. The summed E-state index contributed by atoms with van der Waals surface area (Å²) in [6.07, 6.45) is 7.14. The molecule has 1 aromatic carbocycles. The first-order valence-corrected chi connectivity index (χ1v) is 9.67. The number of hydrogen-bond acceptors (Lipinski definition) is 5. The summed E-state index contributed by atoms with van der Waals surface area (Å²) in [5.74, 6) is 0.913. The number of fused-ring (bicyclic) bond motifs is 1. The van der Waals surface area contributed by atoms with Gasteiger partial charge in [-0.25, -0.2) is 13.9 Å². The minimum Gasteiger partial charge on any atom is -0.437 e. The van der Waals surface area contributed by atoms with Gasteiger partial charge < -0.3 is 10.1 Å². The van der Waals surface area contributed by atoms with Crippen LogP contribution >= 0.6 is 0 Å². The van der Waals surface area contributed by atoms with Crippen LogP contribution in [-0.2, 0) is 4.79 Å². The first-order valence-electron chi connectivity index (χ1n) is 9.67. The van der Waals surface area contributed by atoms with Crippen LogP contribution in [0, 0.1) is 11.7 Å². The fourth-order valence-electron chi connectivity index (χ4n) is 3.36. The van der Waals surface area contributed by atoms with Crippen molar-refractivity contribution in [2.75, 3.05) is 12.4 Å². The van der Waals surface area contributed by atoms with E-state index in [4.69, 9.17) is 4.74 Å². The second-order valence-electron chi connectivity index (χ2n) is 7.66. The zero-order valence-electron chi connectivity index (χ0n) is 16.5. The third kappa shape index (κ3) is 3.43. The van der Waals surface area contributed by atoms with Crippen LogP contribution in [0.1, 0.15) is 19.8 Å². The van der Waals surface area contributed by atoms with E-state index in [2.05, 4.69) is 20.5 Å². The number of aromatic nitrogens is 3. The number of amides is 1. The molecule has 1 atom stereocenters. The van der Waals surface area contributed by atoms with Crippen molar-refractivity contribution in [2.24, 2.45) is 11.0 Å². The minimum atomic E-state index is -0.373. The molecule has 0 spiro atoms. The normalized spacial score (nSPS) is 20.4. The number of ether oxygens (including phenoxy) is 1. The Morgan fingerprint density at radius 2 is 2.13 bits per heavy atom. The molecule has 1 unspecified atom stereocenters. The van der Waals surface area contributed by atoms with E-state index in [-0.39, 0.29) is 22.2 Å². The lowest BCUT2D eigenvalue weighted by atomic mass is 10.2. The van der Waals surface area contributed by atoms with Crippen LogP contribution in [0.25, 0.3) is 5.65 Å². The predicted octanol–water partition coefficient (Wildman–Crippen LogP) is 3.85. The Morgan fingerprint density at radius 3 is 2.87 bits per heavy atom. The topological polar surface area (TPSA) is 80.9 Å². The maximum absolute atomic E-state index is 14.5. The largest absolute Gasteiger partial charge is 0.437 e. The van der Waals surface area contributed by atoms with E-state index >= 15 is 0 Å². The molecule has 152 valence electrons. The number of nitrogens with one attached hydrogen (secondary N) is 1. The molecule has 2 aliphatic rings. The van der Waals surface area contributed by atoms with Crippen molar-refractivity contribution in [1.29, 1.82) is 0 Å². The molecule has 1 aliphatic carbocycles. The highest BCUT2D eigenvalue weighted by atomic mass is 19.1. The van der Waals surface area contributed by atoms with Crippen molar-refractivity contribution in [3.8, 4) is 11.6 Å². The molecule has 1 N–H and O–H groups in total. The van der Waals surface area contributed by atoms with Crippen molar-refractivity contribution < 1.29 is 13.9 Å². The first kappa shape index (κ1) is 18.4. The minimum absolute atomic E-state index is 0.0146. The van der Waals surface area contributed by atoms with E-state index in [0.29, 0.717) is 28.8 Å². The lowest BCUT2D eigenvalue weighted by Crippen LogP contribution is -2.31. The molecule has 8 nitrogen and oxygen atoms in total. The van der Waals surface area contributed by atoms with Crippen LogP contribution in [0.3, 0.4) is 0 Å². The monoisotopic (exact) mass is 407 g/mol. The van der Waals surface area contributed by atoms with Crippen molar-refractivity contribution >= 4 is 28.8 Å². The van der Waals surface area contributed by atoms with Gasteiger partial charge in [-0.3, -0.25) is 4.79 Å². The maximum atomic E-state index is 14.5. The molecule has 1 fully saturated rings. The van der Waals surface area contributed by atoms with Crippen molar-refractivity contribution in [3.05, 3.63) is 54.6 Å². The van der Waals surface area contributed by atoms with E-state index in [9.17, 15) is 9.18 Å². The van der Waals surface area contributed by atoms with E-state index in [1.807, 2.05) is 19.2 Å². The predicted molar refractivity (Wildman–Crippen MR) is 111 cm³/mol. The van der Waals surface area contributed by atoms with Crippen molar-refractivity contribution in [2.45, 2.75) is 19.8 Å². The number of quaternary nitrogens is 1. The van der Waals surface area contributed by atoms with Gasteiger partial charge in [-0.2, -0.15) is 0 Å². The Kier molecular flexibility index (Phi) is 4.14. The lowest BCUT2D eigenvalue weighted by molar-refractivity contribution is -0.117. The number of halogens is 1. The smallest absolute Gasteiger partial charge is 0.237 e. The lowest BCUT2D eigenvalue weighted by Gasteiger charge is -2.20. The van der Waals surface area contributed by atoms with Gasteiger partial charge in [-0.15, -0.1) is 9.69 Å². The summed E-state index contributed by atoms with van der Waals surface area (Å²) >= 11 is 0. The average Bonchev–Trinajstić information content (AvgIpc) is 3.40. The molecule has 2 aromatic heterocycles. The van der Waals surface area contributed by atoms with Crippen LogP contribution in [0.2, 0.25) is 0 Å². The highest BCUT2D eigenvalue weighted by Gasteiger charge is 2.31. The quantitative estimate of drug-likeness (QED) is 0.652. The van der Waals surface area contributed by atoms with Crippen LogP contribution in [0.4, 0.5) is 15.9 Å². The molecule has 0 bridgehead atoms. The molecule has 3 heterocycles. The summed E-state index contributed by atoms with van der Waals surface area (Å²) in [5.41, 5.74) is 1.77. The molecule has 9 heteroatoms. The molecular weight excluding hydrogens is 387 g/mol. The molecule has 1 saturated carbocycles. The zero-order chi connectivity index (χ0) is 20.9. The first-order chi connectivity index (χ1) is 14.4. The van der Waals surface area contributed by atoms with Gasteiger partial charge in [0.1, 0.15) is 19.0 Å². The number of carbonyl (C=O) groups excluding carboxylic acids is 1. The van der Waals surface area contributed by atoms with Crippen molar-refractivity contribution in [3.63, 3.8) is 0 Å². The fraction of sp³-hybridized carbons (Fsp3) is 0.238. The van der Waals surface area contributed by atoms with Gasteiger partial charge in [-0.05, 0) is 38.0 Å². The summed E-state index contributed by atoms with van der Waals surface area (Å²) < 4.78 is 21.8. The third-order valence-electron chi connectivity index (χ3n) is 5.09. The highest BCUT2D eigenvalue weighted by molar-refractivity contribution is 5.95. The van der Waals surface area contributed by atoms with Gasteiger partial charge in [0.05, 0.1) is 11.9 Å². The maximum Gasteiger partial charge on any atom is 0.237 e. The molecule has 1 amide bonds. The van der Waals surface area contributed by atoms with E-state index in [1.54, 1.807) is 37.5 Å². The van der Waals surface area contributed by atoms with Gasteiger partial charge in [0.15, 0.2) is 17.3 Å². The molecule has 30 heavy (non-hydrogen) atoms. The average molecular weight is 407 g/mol. The summed E-state index contributed by atoms with van der Waals surface area (Å²) in [5, 5.41) is 11.6. The van der Waals surface area contributed by atoms with Gasteiger partial charge in [0.25, 0.3) is 0 Å². The van der Waals surface area contributed by atoms with Crippen LogP contribution in [0.5, 0.6) is 11.6 Å². The van der Waals surface area contributed by atoms with Crippen LogP contribution in [0.15, 0.2) is 53.9 Å². The standard InChI is InChI=1S/C21H19FN6O2/c1-13-9-10-28(2,26-13)17-11-15(5-6-16(17)22)30-20-8-7-19-23-18(12-27(19)25-20)24-21(29)14-3-4-14/h5-12,14H,3-4H2,1-2H3/p+1. The van der Waals surface area contributed by atoms with E-state index < -0.39 is 0 Å². The van der Waals surface area contributed by atoms with Crippen molar-refractivity contribution in [1.82, 2.24) is 19.2 Å². The Balaban J connectivity index is 1.39. The second kappa shape index (κ2) is 6.74. The number of hydrogen-bond donors (Lipinski definition) is 1. The zero-order valence-corrected chi connectivity index (χ0v) is 16.5. The number of carbonyl (C=O) groups is 1. The molecule has 1 aliphatic heterocycles. The fourth-order valence-corrected chi connectivity index (χ4v) is 3.36. The Bertz CT molecular complexity index is 1230. The number of imidazole rings is 1. The van der Waals surface area contributed by atoms with Gasteiger partial charge in [0.2, 0.25) is 17.5 Å². The number of allylic oxidation sites excluding steroid dienone is 1. The van der Waals surface area contributed by atoms with Crippen LogP contribution < -0.4 is 14.6 Å². The van der Waals surface area contributed by atoms with Crippen LogP contribution in [-0.4, -0.2) is 33.3 Å². The number of benzene rings is 1. The summed E-state index contributed by atoms with van der Waals surface area (Å²) in [6.45, 7) is 1.86.